The highest BCUT2D eigenvalue weighted by atomic mass is 19.4. The number of nitrogens with two attached hydrogens (primary N) is 2. The van der Waals surface area contributed by atoms with Crippen molar-refractivity contribution in [1.82, 2.24) is 5.01 Å². The summed E-state index contributed by atoms with van der Waals surface area (Å²) in [5.74, 6) is 10.6. The van der Waals surface area contributed by atoms with Crippen LogP contribution in [-0.4, -0.2) is 18.1 Å². The first kappa shape index (κ1) is 14.3. The van der Waals surface area contributed by atoms with E-state index in [1.54, 1.807) is 0 Å². The average Bonchev–Trinajstić information content (AvgIpc) is 2.25. The van der Waals surface area contributed by atoms with Gasteiger partial charge in [-0.1, -0.05) is 6.07 Å². The van der Waals surface area contributed by atoms with Crippen LogP contribution in [-0.2, 0) is 6.18 Å². The van der Waals surface area contributed by atoms with Crippen LogP contribution in [0.3, 0.4) is 0 Å². The normalized spacial score (nSPS) is 11.3. The monoisotopic (exact) mass is 262 g/mol. The van der Waals surface area contributed by atoms with Crippen molar-refractivity contribution in [1.29, 1.82) is 0 Å². The van der Waals surface area contributed by atoms with E-state index in [0.717, 1.165) is 6.07 Å². The molecule has 0 aliphatic carbocycles. The molecule has 0 fully saturated rings. The summed E-state index contributed by atoms with van der Waals surface area (Å²) in [6, 6.07) is 2.59. The molecular formula is C10H13F3N4O. The van der Waals surface area contributed by atoms with E-state index in [-0.39, 0.29) is 11.3 Å². The van der Waals surface area contributed by atoms with Crippen LogP contribution in [0.2, 0.25) is 0 Å². The Bertz CT molecular complexity index is 459. The zero-order valence-electron chi connectivity index (χ0n) is 9.82. The first-order valence-corrected chi connectivity index (χ1v) is 4.90. The number of carbonyl (C=O) groups is 1. The van der Waals surface area contributed by atoms with Gasteiger partial charge in [0.25, 0.3) is 0 Å². The van der Waals surface area contributed by atoms with Gasteiger partial charge in [0.2, 0.25) is 0 Å². The number of hydrazine groups is 2. The van der Waals surface area contributed by atoms with Crippen LogP contribution in [0.15, 0.2) is 18.2 Å². The number of alkyl halides is 3. The maximum absolute atomic E-state index is 12.7. The molecule has 0 aliphatic rings. The summed E-state index contributed by atoms with van der Waals surface area (Å²) < 4.78 is 38.0. The SMILES string of the molecule is Cc1c(N(N)C(=O)N(C)N)cccc1C(F)(F)F. The van der Waals surface area contributed by atoms with Crippen molar-refractivity contribution in [2.45, 2.75) is 13.1 Å². The molecule has 0 saturated carbocycles. The van der Waals surface area contributed by atoms with Crippen LogP contribution >= 0.6 is 0 Å². The first-order chi connectivity index (χ1) is 8.16. The van der Waals surface area contributed by atoms with Gasteiger partial charge in [0.05, 0.1) is 11.3 Å². The number of hydrogen-bond donors (Lipinski definition) is 2. The minimum atomic E-state index is -4.50. The first-order valence-electron chi connectivity index (χ1n) is 4.90. The van der Waals surface area contributed by atoms with Crippen LogP contribution in [0.25, 0.3) is 0 Å². The van der Waals surface area contributed by atoms with Crippen LogP contribution in [0.4, 0.5) is 23.7 Å². The molecule has 0 heterocycles. The summed E-state index contributed by atoms with van der Waals surface area (Å²) in [6.45, 7) is 1.24. The number of amides is 2. The highest BCUT2D eigenvalue weighted by Gasteiger charge is 2.33. The van der Waals surface area contributed by atoms with E-state index >= 15 is 0 Å². The molecule has 1 aromatic rings. The molecule has 0 aliphatic heterocycles. The molecule has 0 aromatic heterocycles. The molecule has 2 amide bonds. The summed E-state index contributed by atoms with van der Waals surface area (Å²) in [6.07, 6.45) is -4.50. The predicted molar refractivity (Wildman–Crippen MR) is 60.2 cm³/mol. The summed E-state index contributed by atoms with van der Waals surface area (Å²) in [5.41, 5.74) is -1.03. The molecule has 8 heteroatoms. The van der Waals surface area contributed by atoms with E-state index in [9.17, 15) is 18.0 Å². The molecule has 0 unspecified atom stereocenters. The zero-order valence-corrected chi connectivity index (χ0v) is 9.82. The van der Waals surface area contributed by atoms with Crippen molar-refractivity contribution in [3.63, 3.8) is 0 Å². The van der Waals surface area contributed by atoms with Gasteiger partial charge in [-0.25, -0.2) is 21.5 Å². The second kappa shape index (κ2) is 4.83. The van der Waals surface area contributed by atoms with Crippen molar-refractivity contribution in [3.05, 3.63) is 29.3 Å². The van der Waals surface area contributed by atoms with Crippen LogP contribution < -0.4 is 16.7 Å². The molecule has 0 atom stereocenters. The third kappa shape index (κ3) is 2.71. The summed E-state index contributed by atoms with van der Waals surface area (Å²) in [5, 5.41) is 1.25. The Morgan fingerprint density at radius 3 is 2.28 bits per heavy atom. The van der Waals surface area contributed by atoms with Gasteiger partial charge in [-0.2, -0.15) is 13.2 Å². The number of urea groups is 1. The molecule has 0 spiro atoms. The number of halogens is 3. The van der Waals surface area contributed by atoms with Crippen molar-refractivity contribution < 1.29 is 18.0 Å². The van der Waals surface area contributed by atoms with E-state index in [0.29, 0.717) is 10.0 Å². The molecule has 1 rings (SSSR count). The van der Waals surface area contributed by atoms with Gasteiger partial charge < -0.3 is 0 Å². The van der Waals surface area contributed by atoms with E-state index in [1.807, 2.05) is 0 Å². The molecule has 0 radical (unpaired) electrons. The van der Waals surface area contributed by atoms with Crippen LogP contribution in [0.1, 0.15) is 11.1 Å². The topological polar surface area (TPSA) is 75.6 Å². The summed E-state index contributed by atoms with van der Waals surface area (Å²) in [7, 11) is 1.24. The molecule has 1 aromatic carbocycles. The summed E-state index contributed by atoms with van der Waals surface area (Å²) in [4.78, 5) is 11.5. The van der Waals surface area contributed by atoms with Crippen molar-refractivity contribution in [2.24, 2.45) is 11.7 Å². The molecule has 0 saturated heterocycles. The number of anilines is 1. The Balaban J connectivity index is 3.24. The smallest absolute Gasteiger partial charge is 0.264 e. The van der Waals surface area contributed by atoms with E-state index in [4.69, 9.17) is 11.7 Å². The maximum Gasteiger partial charge on any atom is 0.416 e. The van der Waals surface area contributed by atoms with Gasteiger partial charge in [-0.05, 0) is 24.6 Å². The number of carbonyl (C=O) groups excluding carboxylic acids is 1. The average molecular weight is 262 g/mol. The Kier molecular flexibility index (Phi) is 3.82. The third-order valence-corrected chi connectivity index (χ3v) is 2.38. The zero-order chi connectivity index (χ0) is 14.1. The second-order valence-corrected chi connectivity index (χ2v) is 3.71. The minimum Gasteiger partial charge on any atom is -0.264 e. The van der Waals surface area contributed by atoms with E-state index in [1.165, 1.54) is 26.1 Å². The third-order valence-electron chi connectivity index (χ3n) is 2.38. The fraction of sp³-hybridized carbons (Fsp3) is 0.300. The largest absolute Gasteiger partial charge is 0.416 e. The maximum atomic E-state index is 12.7. The lowest BCUT2D eigenvalue weighted by molar-refractivity contribution is -0.138. The fourth-order valence-corrected chi connectivity index (χ4v) is 1.46. The number of benzene rings is 1. The highest BCUT2D eigenvalue weighted by molar-refractivity contribution is 5.91. The van der Waals surface area contributed by atoms with Gasteiger partial charge in [0.15, 0.2) is 0 Å². The van der Waals surface area contributed by atoms with Crippen LogP contribution in [0.5, 0.6) is 0 Å². The predicted octanol–water partition coefficient (Wildman–Crippen LogP) is 1.62. The number of rotatable bonds is 1. The number of hydrogen-bond acceptors (Lipinski definition) is 3. The second-order valence-electron chi connectivity index (χ2n) is 3.71. The molecule has 0 bridgehead atoms. The Morgan fingerprint density at radius 1 is 1.28 bits per heavy atom. The van der Waals surface area contributed by atoms with Gasteiger partial charge in [0, 0.05) is 7.05 Å². The van der Waals surface area contributed by atoms with Crippen LogP contribution in [0, 0.1) is 6.92 Å². The van der Waals surface area contributed by atoms with E-state index < -0.39 is 17.8 Å². The Labute approximate surface area is 102 Å². The molecule has 100 valence electrons. The Morgan fingerprint density at radius 2 is 1.83 bits per heavy atom. The fourth-order valence-electron chi connectivity index (χ4n) is 1.46. The minimum absolute atomic E-state index is 0.0490. The molecular weight excluding hydrogens is 249 g/mol. The molecule has 4 N–H and O–H groups in total. The number of nitrogens with zero attached hydrogens (tertiary/aromatic N) is 2. The van der Waals surface area contributed by atoms with Crippen molar-refractivity contribution in [2.75, 3.05) is 12.1 Å². The van der Waals surface area contributed by atoms with E-state index in [2.05, 4.69) is 0 Å². The lowest BCUT2D eigenvalue weighted by Gasteiger charge is -2.23. The highest BCUT2D eigenvalue weighted by Crippen LogP contribution is 2.35. The Hall–Kier alpha value is -1.80. The van der Waals surface area contributed by atoms with Gasteiger partial charge in [0.1, 0.15) is 0 Å². The van der Waals surface area contributed by atoms with Crippen molar-refractivity contribution >= 4 is 11.7 Å². The van der Waals surface area contributed by atoms with Crippen molar-refractivity contribution in [3.8, 4) is 0 Å². The lowest BCUT2D eigenvalue weighted by Crippen LogP contribution is -2.49. The van der Waals surface area contributed by atoms with Gasteiger partial charge in [-0.15, -0.1) is 0 Å². The molecule has 5 nitrogen and oxygen atoms in total. The standard InChI is InChI=1S/C10H13F3N4O/c1-6-7(10(11,12)13)4-3-5-8(6)17(15)9(18)16(2)14/h3-5H,14-15H2,1-2H3. The van der Waals surface area contributed by atoms with Gasteiger partial charge >= 0.3 is 12.2 Å². The summed E-state index contributed by atoms with van der Waals surface area (Å²) >= 11 is 0. The van der Waals surface area contributed by atoms with Gasteiger partial charge in [-0.3, -0.25) is 5.01 Å². The molecule has 18 heavy (non-hydrogen) atoms. The quantitative estimate of drug-likeness (QED) is 0.458. The lowest BCUT2D eigenvalue weighted by atomic mass is 10.1.